The maximum atomic E-state index is 13.9. The van der Waals surface area contributed by atoms with Gasteiger partial charge in [0, 0.05) is 31.7 Å². The highest BCUT2D eigenvalue weighted by Crippen LogP contribution is 2.22. The van der Waals surface area contributed by atoms with Crippen LogP contribution in [0.3, 0.4) is 0 Å². The molecular formula is C16H21FN2O3. The molecule has 1 saturated heterocycles. The van der Waals surface area contributed by atoms with E-state index in [-0.39, 0.29) is 11.9 Å². The van der Waals surface area contributed by atoms with Crippen molar-refractivity contribution >= 4 is 18.1 Å². The first-order valence-corrected chi connectivity index (χ1v) is 7.28. The Hall–Kier alpha value is -2.11. The first-order valence-electron chi connectivity index (χ1n) is 7.28. The Morgan fingerprint density at radius 1 is 1.23 bits per heavy atom. The molecule has 2 rings (SSSR count). The normalized spacial score (nSPS) is 15.6. The molecule has 5 nitrogen and oxygen atoms in total. The lowest BCUT2D eigenvalue weighted by atomic mass is 10.1. The van der Waals surface area contributed by atoms with Crippen molar-refractivity contribution < 1.29 is 18.7 Å². The van der Waals surface area contributed by atoms with Crippen LogP contribution in [0.15, 0.2) is 18.2 Å². The number of piperazine rings is 1. The molecule has 0 aliphatic carbocycles. The fraction of sp³-hybridized carbons (Fsp3) is 0.500. The highest BCUT2D eigenvalue weighted by Gasteiger charge is 2.26. The van der Waals surface area contributed by atoms with Gasteiger partial charge in [0.1, 0.15) is 17.7 Å². The zero-order chi connectivity index (χ0) is 16.3. The second kappa shape index (κ2) is 6.34. The van der Waals surface area contributed by atoms with E-state index in [9.17, 15) is 14.0 Å². The van der Waals surface area contributed by atoms with Crippen molar-refractivity contribution in [2.75, 3.05) is 31.1 Å². The van der Waals surface area contributed by atoms with Crippen molar-refractivity contribution in [2.24, 2.45) is 0 Å². The van der Waals surface area contributed by atoms with Crippen LogP contribution in [0.4, 0.5) is 14.9 Å². The monoisotopic (exact) mass is 308 g/mol. The van der Waals surface area contributed by atoms with Crippen molar-refractivity contribution in [3.63, 3.8) is 0 Å². The summed E-state index contributed by atoms with van der Waals surface area (Å²) in [7, 11) is 0. The van der Waals surface area contributed by atoms with E-state index in [1.807, 2.05) is 25.7 Å². The standard InChI is InChI=1S/C16H21FN2O3/c1-16(2,3)22-15(21)19-8-6-18(7-9-19)14-10-12(11-20)4-5-13(14)17/h4-5,10-11H,6-9H2,1-3H3. The Labute approximate surface area is 129 Å². The smallest absolute Gasteiger partial charge is 0.410 e. The molecule has 6 heteroatoms. The summed E-state index contributed by atoms with van der Waals surface area (Å²) in [5, 5.41) is 0. The minimum absolute atomic E-state index is 0.353. The van der Waals surface area contributed by atoms with Gasteiger partial charge in [-0.15, -0.1) is 0 Å². The van der Waals surface area contributed by atoms with Crippen molar-refractivity contribution in [1.82, 2.24) is 4.90 Å². The molecule has 1 fully saturated rings. The topological polar surface area (TPSA) is 49.9 Å². The van der Waals surface area contributed by atoms with Gasteiger partial charge in [0.05, 0.1) is 5.69 Å². The van der Waals surface area contributed by atoms with E-state index >= 15 is 0 Å². The number of nitrogens with zero attached hydrogens (tertiary/aromatic N) is 2. The number of halogens is 1. The van der Waals surface area contributed by atoms with E-state index in [4.69, 9.17) is 4.74 Å². The fourth-order valence-corrected chi connectivity index (χ4v) is 2.30. The number of rotatable bonds is 2. The van der Waals surface area contributed by atoms with Gasteiger partial charge in [-0.05, 0) is 39.0 Å². The van der Waals surface area contributed by atoms with Gasteiger partial charge in [0.25, 0.3) is 0 Å². The predicted octanol–water partition coefficient (Wildman–Crippen LogP) is 2.70. The summed E-state index contributed by atoms with van der Waals surface area (Å²) >= 11 is 0. The molecule has 0 aromatic heterocycles. The number of ether oxygens (including phenoxy) is 1. The number of hydrogen-bond donors (Lipinski definition) is 0. The summed E-state index contributed by atoms with van der Waals surface area (Å²) < 4.78 is 19.2. The molecule has 22 heavy (non-hydrogen) atoms. The molecule has 0 bridgehead atoms. The second-order valence-electron chi connectivity index (χ2n) is 6.28. The number of hydrogen-bond acceptors (Lipinski definition) is 4. The zero-order valence-corrected chi connectivity index (χ0v) is 13.1. The lowest BCUT2D eigenvalue weighted by Crippen LogP contribution is -2.50. The number of amides is 1. The third kappa shape index (κ3) is 3.96. The van der Waals surface area contributed by atoms with Crippen molar-refractivity contribution in [1.29, 1.82) is 0 Å². The van der Waals surface area contributed by atoms with Crippen LogP contribution in [0.25, 0.3) is 0 Å². The summed E-state index contributed by atoms with van der Waals surface area (Å²) in [5.41, 5.74) is 0.304. The molecule has 0 N–H and O–H groups in total. The lowest BCUT2D eigenvalue weighted by Gasteiger charge is -2.36. The van der Waals surface area contributed by atoms with Crippen LogP contribution in [-0.4, -0.2) is 49.1 Å². The third-order valence-corrected chi connectivity index (χ3v) is 3.38. The number of benzene rings is 1. The van der Waals surface area contributed by atoms with Gasteiger partial charge in [0.2, 0.25) is 0 Å². The summed E-state index contributed by atoms with van der Waals surface area (Å²) in [6.45, 7) is 7.38. The minimum atomic E-state index is -0.529. The molecule has 1 aromatic rings. The van der Waals surface area contributed by atoms with Gasteiger partial charge in [-0.25, -0.2) is 9.18 Å². The first-order chi connectivity index (χ1) is 10.3. The highest BCUT2D eigenvalue weighted by molar-refractivity contribution is 5.77. The van der Waals surface area contributed by atoms with Crippen molar-refractivity contribution in [2.45, 2.75) is 26.4 Å². The second-order valence-corrected chi connectivity index (χ2v) is 6.28. The predicted molar refractivity (Wildman–Crippen MR) is 81.8 cm³/mol. The molecule has 120 valence electrons. The number of anilines is 1. The molecule has 0 unspecified atom stereocenters. The maximum Gasteiger partial charge on any atom is 0.410 e. The van der Waals surface area contributed by atoms with Crippen LogP contribution in [-0.2, 0) is 4.74 Å². The summed E-state index contributed by atoms with van der Waals surface area (Å²) in [4.78, 5) is 26.3. The average Bonchev–Trinajstić information content (AvgIpc) is 2.46. The molecule has 1 heterocycles. The SMILES string of the molecule is CC(C)(C)OC(=O)N1CCN(c2cc(C=O)ccc2F)CC1. The van der Waals surface area contributed by atoms with Crippen LogP contribution in [0.1, 0.15) is 31.1 Å². The largest absolute Gasteiger partial charge is 0.444 e. The molecule has 0 spiro atoms. The molecule has 1 aliphatic heterocycles. The molecule has 1 amide bonds. The Kier molecular flexibility index (Phi) is 4.68. The van der Waals surface area contributed by atoms with Gasteiger partial charge < -0.3 is 14.5 Å². The third-order valence-electron chi connectivity index (χ3n) is 3.38. The highest BCUT2D eigenvalue weighted by atomic mass is 19.1. The van der Waals surface area contributed by atoms with Crippen molar-refractivity contribution in [3.8, 4) is 0 Å². The number of carbonyl (C=O) groups is 2. The average molecular weight is 308 g/mol. The van der Waals surface area contributed by atoms with Gasteiger partial charge in [-0.3, -0.25) is 4.79 Å². The maximum absolute atomic E-state index is 13.9. The Balaban J connectivity index is 2.00. The van der Waals surface area contributed by atoms with Crippen molar-refractivity contribution in [3.05, 3.63) is 29.6 Å². The molecule has 1 aromatic carbocycles. The Bertz CT molecular complexity index is 561. The van der Waals surface area contributed by atoms with Gasteiger partial charge in [-0.2, -0.15) is 0 Å². The van der Waals surface area contributed by atoms with E-state index in [0.717, 1.165) is 0 Å². The van der Waals surface area contributed by atoms with Crippen LogP contribution in [0.2, 0.25) is 0 Å². The summed E-state index contributed by atoms with van der Waals surface area (Å²) in [5.74, 6) is -0.365. The number of aldehydes is 1. The fourth-order valence-electron chi connectivity index (χ4n) is 2.30. The van der Waals surface area contributed by atoms with E-state index in [2.05, 4.69) is 0 Å². The quantitative estimate of drug-likeness (QED) is 0.788. The van der Waals surface area contributed by atoms with Gasteiger partial charge in [-0.1, -0.05) is 0 Å². The van der Waals surface area contributed by atoms with Gasteiger partial charge >= 0.3 is 6.09 Å². The summed E-state index contributed by atoms with van der Waals surface area (Å²) in [6.07, 6.45) is 0.342. The molecule has 1 aliphatic rings. The Morgan fingerprint density at radius 2 is 1.86 bits per heavy atom. The Morgan fingerprint density at radius 3 is 2.41 bits per heavy atom. The molecule has 0 saturated carbocycles. The van der Waals surface area contributed by atoms with Gasteiger partial charge in [0.15, 0.2) is 0 Å². The minimum Gasteiger partial charge on any atom is -0.444 e. The van der Waals surface area contributed by atoms with E-state index in [1.165, 1.54) is 18.2 Å². The van der Waals surface area contributed by atoms with E-state index in [1.54, 1.807) is 4.90 Å². The first kappa shape index (κ1) is 16.3. The zero-order valence-electron chi connectivity index (χ0n) is 13.1. The van der Waals surface area contributed by atoms with Crippen LogP contribution < -0.4 is 4.90 Å². The molecule has 0 radical (unpaired) electrons. The summed E-state index contributed by atoms with van der Waals surface area (Å²) in [6, 6.07) is 4.27. The number of carbonyl (C=O) groups excluding carboxylic acids is 2. The van der Waals surface area contributed by atoms with E-state index < -0.39 is 5.60 Å². The molecular weight excluding hydrogens is 287 g/mol. The van der Waals surface area contributed by atoms with Crippen LogP contribution in [0, 0.1) is 5.82 Å². The van der Waals surface area contributed by atoms with E-state index in [0.29, 0.717) is 43.7 Å². The van der Waals surface area contributed by atoms with Crippen LogP contribution in [0.5, 0.6) is 0 Å². The lowest BCUT2D eigenvalue weighted by molar-refractivity contribution is 0.0240. The molecule has 0 atom stereocenters. The van der Waals surface area contributed by atoms with Crippen LogP contribution >= 0.6 is 0 Å².